The smallest absolute Gasteiger partial charge is 0.412 e. The van der Waals surface area contributed by atoms with Gasteiger partial charge in [-0.25, -0.2) is 9.59 Å². The van der Waals surface area contributed by atoms with Crippen molar-refractivity contribution in [3.8, 4) is 0 Å². The van der Waals surface area contributed by atoms with Crippen LogP contribution in [0, 0.1) is 11.8 Å². The average molecular weight is 595 g/mol. The highest BCUT2D eigenvalue weighted by Gasteiger charge is 2.25. The van der Waals surface area contributed by atoms with E-state index in [1.807, 2.05) is 65.8 Å². The van der Waals surface area contributed by atoms with Gasteiger partial charge >= 0.3 is 12.2 Å². The lowest BCUT2D eigenvalue weighted by Gasteiger charge is -2.30. The lowest BCUT2D eigenvalue weighted by atomic mass is 9.75. The van der Waals surface area contributed by atoms with E-state index >= 15 is 0 Å². The van der Waals surface area contributed by atoms with Crippen molar-refractivity contribution in [2.24, 2.45) is 11.8 Å². The Bertz CT molecular complexity index is 1500. The summed E-state index contributed by atoms with van der Waals surface area (Å²) in [5, 5.41) is 5.69. The minimum absolute atomic E-state index is 0.440. The zero-order chi connectivity index (χ0) is 31.5. The summed E-state index contributed by atoms with van der Waals surface area (Å²) in [5.41, 5.74) is 8.41. The first-order valence-corrected chi connectivity index (χ1v) is 15.8. The third-order valence-electron chi connectivity index (χ3n) is 8.18. The normalized spacial score (nSPS) is 20.2. The Hall–Kier alpha value is -4.06. The largest absolute Gasteiger partial charge is 0.444 e. The van der Waals surface area contributed by atoms with Crippen molar-refractivity contribution in [2.45, 2.75) is 91.3 Å². The summed E-state index contributed by atoms with van der Waals surface area (Å²) < 4.78 is 10.8. The lowest BCUT2D eigenvalue weighted by molar-refractivity contribution is 0.0624. The molecule has 2 amide bonds. The number of rotatable bonds is 4. The molecule has 2 aromatic carbocycles. The molecular weight excluding hydrogens is 548 g/mol. The molecule has 2 N–H and O–H groups in total. The maximum Gasteiger partial charge on any atom is 0.412 e. The number of amides is 2. The second-order valence-corrected chi connectivity index (χ2v) is 14.1. The molecular formula is C38H46N2O4. The summed E-state index contributed by atoms with van der Waals surface area (Å²) >= 11 is 0. The number of anilines is 2. The summed E-state index contributed by atoms with van der Waals surface area (Å²) in [5.74, 6) is 0.947. The summed E-state index contributed by atoms with van der Waals surface area (Å²) in [6.45, 7) is 11.2. The van der Waals surface area contributed by atoms with Gasteiger partial charge < -0.3 is 9.47 Å². The fourth-order valence-corrected chi connectivity index (χ4v) is 6.15. The van der Waals surface area contributed by atoms with Crippen molar-refractivity contribution in [1.82, 2.24) is 0 Å². The number of carbonyl (C=O) groups is 2. The van der Waals surface area contributed by atoms with Gasteiger partial charge in [-0.3, -0.25) is 10.6 Å². The first kappa shape index (κ1) is 31.4. The zero-order valence-corrected chi connectivity index (χ0v) is 27.0. The number of allylic oxidation sites excluding steroid dienone is 8. The first-order chi connectivity index (χ1) is 20.8. The summed E-state index contributed by atoms with van der Waals surface area (Å²) in [4.78, 5) is 24.4. The molecule has 0 spiro atoms. The predicted molar refractivity (Wildman–Crippen MR) is 179 cm³/mol. The van der Waals surface area contributed by atoms with Gasteiger partial charge in [0.15, 0.2) is 0 Å². The average Bonchev–Trinajstić information content (AvgIpc) is 2.93. The van der Waals surface area contributed by atoms with Crippen LogP contribution in [0.25, 0.3) is 11.1 Å². The molecule has 0 unspecified atom stereocenters. The van der Waals surface area contributed by atoms with Crippen molar-refractivity contribution in [2.75, 3.05) is 10.6 Å². The summed E-state index contributed by atoms with van der Waals surface area (Å²) in [6, 6.07) is 16.3. The van der Waals surface area contributed by atoms with E-state index in [1.165, 1.54) is 33.4 Å². The Labute approximate surface area is 262 Å². The van der Waals surface area contributed by atoms with Gasteiger partial charge in [-0.05, 0) is 144 Å². The van der Waals surface area contributed by atoms with Gasteiger partial charge in [0, 0.05) is 11.4 Å². The standard InChI is InChI=1S/C38H46N2O4/c1-37(2,3)43-35(41)39-31-19-15-29(16-20-31)33-23-25-7-11-27(33)13-9-26-8-12-28(14-10-25)34(24-26)30-17-21-32(22-18-30)40-36(42)44-38(4,5)6/h7-8,11,15-22,24-25,28H,9-10,12-14,23H2,1-6H3,(H,39,41)(H,40,42)/t25-,28+/m0/s1. The van der Waals surface area contributed by atoms with Gasteiger partial charge in [0.2, 0.25) is 0 Å². The quantitative estimate of drug-likeness (QED) is 0.369. The minimum atomic E-state index is -0.536. The van der Waals surface area contributed by atoms with Crippen LogP contribution in [0.1, 0.15) is 91.2 Å². The predicted octanol–water partition coefficient (Wildman–Crippen LogP) is 10.3. The number of ether oxygens (including phenoxy) is 2. The second-order valence-electron chi connectivity index (χ2n) is 14.1. The number of hydrogen-bond acceptors (Lipinski definition) is 4. The van der Waals surface area contributed by atoms with E-state index in [0.717, 1.165) is 49.9 Å². The molecule has 232 valence electrons. The van der Waals surface area contributed by atoms with Crippen LogP contribution in [0.3, 0.4) is 0 Å². The Morgan fingerprint density at radius 1 is 0.750 bits per heavy atom. The number of carbonyl (C=O) groups excluding carboxylic acids is 2. The van der Waals surface area contributed by atoms with Gasteiger partial charge in [0.05, 0.1) is 0 Å². The van der Waals surface area contributed by atoms with Crippen molar-refractivity contribution in [1.29, 1.82) is 0 Å². The highest BCUT2D eigenvalue weighted by atomic mass is 16.6. The summed E-state index contributed by atoms with van der Waals surface area (Å²) in [7, 11) is 0. The molecule has 4 bridgehead atoms. The maximum atomic E-state index is 12.2. The van der Waals surface area contributed by atoms with Gasteiger partial charge in [0.1, 0.15) is 11.2 Å². The van der Waals surface area contributed by atoms with Crippen LogP contribution in [0.15, 0.2) is 84.0 Å². The molecule has 6 aliphatic carbocycles. The van der Waals surface area contributed by atoms with Gasteiger partial charge in [0.25, 0.3) is 0 Å². The van der Waals surface area contributed by atoms with E-state index in [-0.39, 0.29) is 0 Å². The fourth-order valence-electron chi connectivity index (χ4n) is 6.15. The highest BCUT2D eigenvalue weighted by molar-refractivity contribution is 5.86. The molecule has 6 aliphatic rings. The Morgan fingerprint density at radius 3 is 1.89 bits per heavy atom. The van der Waals surface area contributed by atoms with Crippen molar-refractivity contribution < 1.29 is 19.1 Å². The molecule has 0 aromatic heterocycles. The maximum absolute atomic E-state index is 12.2. The van der Waals surface area contributed by atoms with Crippen molar-refractivity contribution in [3.05, 3.63) is 95.1 Å². The van der Waals surface area contributed by atoms with E-state index in [0.29, 0.717) is 11.8 Å². The van der Waals surface area contributed by atoms with Crippen LogP contribution in [0.2, 0.25) is 0 Å². The zero-order valence-electron chi connectivity index (χ0n) is 27.0. The molecule has 0 aliphatic heterocycles. The lowest BCUT2D eigenvalue weighted by Crippen LogP contribution is -2.27. The topological polar surface area (TPSA) is 76.7 Å². The third kappa shape index (κ3) is 8.52. The molecule has 0 heterocycles. The number of nitrogens with one attached hydrogen (secondary N) is 2. The van der Waals surface area contributed by atoms with Crippen molar-refractivity contribution >= 4 is 34.7 Å². The fraction of sp³-hybridized carbons (Fsp3) is 0.421. The van der Waals surface area contributed by atoms with Crippen LogP contribution in [-0.2, 0) is 9.47 Å². The highest BCUT2D eigenvalue weighted by Crippen LogP contribution is 2.42. The van der Waals surface area contributed by atoms with E-state index in [1.54, 1.807) is 0 Å². The molecule has 0 saturated heterocycles. The Balaban J connectivity index is 1.31. The molecule has 0 saturated carbocycles. The van der Waals surface area contributed by atoms with Crippen LogP contribution < -0.4 is 10.6 Å². The molecule has 6 nitrogen and oxygen atoms in total. The minimum Gasteiger partial charge on any atom is -0.444 e. The van der Waals surface area contributed by atoms with Crippen LogP contribution in [-0.4, -0.2) is 23.4 Å². The van der Waals surface area contributed by atoms with Gasteiger partial charge in [-0.2, -0.15) is 0 Å². The SMILES string of the molecule is CC(C)(C)OC(=O)Nc1ccc(C2=CC3=CC[C@@H]2CC[C@@H]2C=CC(=C(c4ccc(NC(=O)OC(C)(C)C)cc4)C2)CC3)cc1. The first-order valence-electron chi connectivity index (χ1n) is 15.8. The molecule has 8 rings (SSSR count). The van der Waals surface area contributed by atoms with Crippen molar-refractivity contribution in [3.63, 3.8) is 0 Å². The van der Waals surface area contributed by atoms with E-state index in [9.17, 15) is 9.59 Å². The van der Waals surface area contributed by atoms with Gasteiger partial charge in [-0.15, -0.1) is 0 Å². The van der Waals surface area contributed by atoms with E-state index < -0.39 is 23.4 Å². The molecule has 44 heavy (non-hydrogen) atoms. The molecule has 0 fully saturated rings. The third-order valence-corrected chi connectivity index (χ3v) is 8.18. The van der Waals surface area contributed by atoms with E-state index in [2.05, 4.69) is 59.2 Å². The van der Waals surface area contributed by atoms with Gasteiger partial charge in [-0.1, -0.05) is 54.1 Å². The van der Waals surface area contributed by atoms with E-state index in [4.69, 9.17) is 9.47 Å². The number of benzene rings is 2. The summed E-state index contributed by atoms with van der Waals surface area (Å²) in [6.07, 6.45) is 15.0. The monoisotopic (exact) mass is 594 g/mol. The Kier molecular flexibility index (Phi) is 9.19. The van der Waals surface area contributed by atoms with Crippen LogP contribution >= 0.6 is 0 Å². The van der Waals surface area contributed by atoms with Crippen LogP contribution in [0.4, 0.5) is 21.0 Å². The number of hydrogen-bond donors (Lipinski definition) is 2. The Morgan fingerprint density at radius 2 is 1.32 bits per heavy atom. The molecule has 0 radical (unpaired) electrons. The molecule has 2 atom stereocenters. The molecule has 2 aromatic rings. The molecule has 6 heteroatoms. The second kappa shape index (κ2) is 12.9. The van der Waals surface area contributed by atoms with Crippen LogP contribution in [0.5, 0.6) is 0 Å².